The van der Waals surface area contributed by atoms with E-state index in [2.05, 4.69) is 0 Å². The standard InChI is InChI=1S/C22H24FN3O4S/c1-14-21(15-5-4-6-18(11-15)31(29,30)25(2)3)19-12-16(22(27)28)7-8-20(19)26(14)13-17(23)9-10-24/h4-9,11-12H,10,13,24H2,1-3H3,(H,27,28). The van der Waals surface area contributed by atoms with Crippen LogP contribution in [0, 0.1) is 6.92 Å². The number of aromatic nitrogens is 1. The van der Waals surface area contributed by atoms with Gasteiger partial charge in [0.1, 0.15) is 5.83 Å². The molecule has 31 heavy (non-hydrogen) atoms. The van der Waals surface area contributed by atoms with Crippen LogP contribution in [0.5, 0.6) is 0 Å². The molecule has 3 aromatic rings. The maximum absolute atomic E-state index is 14.3. The minimum atomic E-state index is -3.67. The molecule has 0 atom stereocenters. The third-order valence-electron chi connectivity index (χ3n) is 5.12. The SMILES string of the molecule is Cc1c(-c2cccc(S(=O)(=O)N(C)C)c2)c2cc(C(=O)O)ccc2n1CC(F)=CCN. The summed E-state index contributed by atoms with van der Waals surface area (Å²) in [4.78, 5) is 11.6. The van der Waals surface area contributed by atoms with E-state index in [1.165, 1.54) is 38.4 Å². The Labute approximate surface area is 180 Å². The molecule has 0 amide bonds. The minimum absolute atomic E-state index is 0.0601. The van der Waals surface area contributed by atoms with Crippen molar-refractivity contribution in [3.8, 4) is 11.1 Å². The van der Waals surface area contributed by atoms with Crippen LogP contribution < -0.4 is 5.73 Å². The summed E-state index contributed by atoms with van der Waals surface area (Å²) in [6, 6.07) is 11.0. The number of hydrogen-bond acceptors (Lipinski definition) is 4. The van der Waals surface area contributed by atoms with Crippen LogP contribution in [-0.4, -0.2) is 49.0 Å². The van der Waals surface area contributed by atoms with E-state index in [0.717, 1.165) is 4.31 Å². The largest absolute Gasteiger partial charge is 0.478 e. The molecule has 1 heterocycles. The molecular weight excluding hydrogens is 421 g/mol. The number of allylic oxidation sites excluding steroid dienone is 1. The van der Waals surface area contributed by atoms with Crippen molar-refractivity contribution < 1.29 is 22.7 Å². The number of carboxylic acids is 1. The maximum Gasteiger partial charge on any atom is 0.335 e. The number of aromatic carboxylic acids is 1. The van der Waals surface area contributed by atoms with Gasteiger partial charge in [-0.15, -0.1) is 0 Å². The Morgan fingerprint density at radius 2 is 1.94 bits per heavy atom. The Morgan fingerprint density at radius 3 is 2.55 bits per heavy atom. The number of hydrogen-bond donors (Lipinski definition) is 2. The number of nitrogens with zero attached hydrogens (tertiary/aromatic N) is 2. The zero-order valence-corrected chi connectivity index (χ0v) is 18.3. The Hall–Kier alpha value is -3.01. The minimum Gasteiger partial charge on any atom is -0.478 e. The van der Waals surface area contributed by atoms with Gasteiger partial charge in [-0.25, -0.2) is 21.9 Å². The van der Waals surface area contributed by atoms with Gasteiger partial charge in [-0.05, 0) is 48.9 Å². The normalized spacial score (nSPS) is 12.6. The molecule has 0 aliphatic rings. The number of nitrogens with two attached hydrogens (primary N) is 1. The Morgan fingerprint density at radius 1 is 1.23 bits per heavy atom. The average Bonchev–Trinajstić information content (AvgIpc) is 2.99. The molecule has 9 heteroatoms. The third kappa shape index (κ3) is 4.25. The molecule has 164 valence electrons. The zero-order valence-electron chi connectivity index (χ0n) is 17.5. The van der Waals surface area contributed by atoms with Crippen molar-refractivity contribution in [2.45, 2.75) is 18.4 Å². The van der Waals surface area contributed by atoms with Crippen LogP contribution in [0.2, 0.25) is 0 Å². The number of rotatable bonds is 7. The fourth-order valence-corrected chi connectivity index (χ4v) is 4.50. The number of benzene rings is 2. The molecular formula is C22H24FN3O4S. The van der Waals surface area contributed by atoms with E-state index in [-0.39, 0.29) is 23.5 Å². The molecule has 3 N–H and O–H groups in total. The van der Waals surface area contributed by atoms with Crippen LogP contribution in [0.3, 0.4) is 0 Å². The van der Waals surface area contributed by atoms with Gasteiger partial charge in [-0.2, -0.15) is 0 Å². The van der Waals surface area contributed by atoms with E-state index in [9.17, 15) is 22.7 Å². The first-order valence-corrected chi connectivity index (χ1v) is 11.0. The summed E-state index contributed by atoms with van der Waals surface area (Å²) in [7, 11) is -0.767. The summed E-state index contributed by atoms with van der Waals surface area (Å²) in [5.74, 6) is -1.50. The number of halogens is 1. The predicted octanol–water partition coefficient (Wildman–Crippen LogP) is 3.38. The Balaban J connectivity index is 2.32. The molecule has 7 nitrogen and oxygen atoms in total. The van der Waals surface area contributed by atoms with Crippen molar-refractivity contribution in [2.24, 2.45) is 5.73 Å². The van der Waals surface area contributed by atoms with Gasteiger partial charge in [0.05, 0.1) is 17.0 Å². The van der Waals surface area contributed by atoms with E-state index in [1.54, 1.807) is 35.8 Å². The Bertz CT molecular complexity index is 1290. The van der Waals surface area contributed by atoms with Gasteiger partial charge < -0.3 is 15.4 Å². The lowest BCUT2D eigenvalue weighted by Crippen LogP contribution is -2.22. The summed E-state index contributed by atoms with van der Waals surface area (Å²) in [6.07, 6.45) is 1.28. The molecule has 1 aromatic heterocycles. The fraction of sp³-hybridized carbons (Fsp3) is 0.227. The third-order valence-corrected chi connectivity index (χ3v) is 6.93. The first-order chi connectivity index (χ1) is 14.6. The van der Waals surface area contributed by atoms with Crippen LogP contribution in [-0.2, 0) is 16.6 Å². The zero-order chi connectivity index (χ0) is 22.9. The highest BCUT2D eigenvalue weighted by molar-refractivity contribution is 7.89. The van der Waals surface area contributed by atoms with E-state index in [0.29, 0.717) is 27.7 Å². The second-order valence-corrected chi connectivity index (χ2v) is 9.44. The molecule has 0 bridgehead atoms. The van der Waals surface area contributed by atoms with Crippen LogP contribution in [0.25, 0.3) is 22.0 Å². The van der Waals surface area contributed by atoms with Crippen molar-refractivity contribution in [2.75, 3.05) is 20.6 Å². The first kappa shape index (κ1) is 22.7. The number of carboxylic acid groups (broad SMARTS) is 1. The average molecular weight is 446 g/mol. The molecule has 0 saturated carbocycles. The molecule has 0 saturated heterocycles. The van der Waals surface area contributed by atoms with E-state index >= 15 is 0 Å². The maximum atomic E-state index is 14.3. The van der Waals surface area contributed by atoms with Crippen molar-refractivity contribution in [3.05, 3.63) is 65.6 Å². The second kappa shape index (κ2) is 8.62. The lowest BCUT2D eigenvalue weighted by atomic mass is 10.0. The lowest BCUT2D eigenvalue weighted by molar-refractivity contribution is 0.0697. The van der Waals surface area contributed by atoms with Gasteiger partial charge in [0, 0.05) is 42.8 Å². The van der Waals surface area contributed by atoms with Gasteiger partial charge in [-0.3, -0.25) is 0 Å². The quantitative estimate of drug-likeness (QED) is 0.580. The highest BCUT2D eigenvalue weighted by Gasteiger charge is 2.21. The van der Waals surface area contributed by atoms with Crippen molar-refractivity contribution in [1.82, 2.24) is 8.87 Å². The van der Waals surface area contributed by atoms with Gasteiger partial charge in [0.25, 0.3) is 0 Å². The Kier molecular flexibility index (Phi) is 6.30. The number of sulfonamides is 1. The highest BCUT2D eigenvalue weighted by atomic mass is 32.2. The molecule has 0 fully saturated rings. The number of fused-ring (bicyclic) bond motifs is 1. The van der Waals surface area contributed by atoms with Gasteiger partial charge >= 0.3 is 5.97 Å². The van der Waals surface area contributed by atoms with Crippen LogP contribution in [0.4, 0.5) is 4.39 Å². The van der Waals surface area contributed by atoms with Crippen LogP contribution in [0.1, 0.15) is 16.1 Å². The number of carbonyl (C=O) groups is 1. The molecule has 0 aliphatic carbocycles. The molecule has 0 spiro atoms. The second-order valence-electron chi connectivity index (χ2n) is 7.29. The van der Waals surface area contributed by atoms with E-state index in [4.69, 9.17) is 5.73 Å². The van der Waals surface area contributed by atoms with Crippen molar-refractivity contribution in [3.63, 3.8) is 0 Å². The smallest absolute Gasteiger partial charge is 0.335 e. The molecule has 0 aliphatic heterocycles. The van der Waals surface area contributed by atoms with E-state index in [1.807, 2.05) is 0 Å². The summed E-state index contributed by atoms with van der Waals surface area (Å²) in [5.41, 5.74) is 8.05. The van der Waals surface area contributed by atoms with Crippen molar-refractivity contribution in [1.29, 1.82) is 0 Å². The molecule has 2 aromatic carbocycles. The molecule has 0 radical (unpaired) electrons. The fourth-order valence-electron chi connectivity index (χ4n) is 3.55. The molecule has 0 unspecified atom stereocenters. The van der Waals surface area contributed by atoms with Crippen LogP contribution >= 0.6 is 0 Å². The van der Waals surface area contributed by atoms with Crippen LogP contribution in [0.15, 0.2) is 59.3 Å². The summed E-state index contributed by atoms with van der Waals surface area (Å²) >= 11 is 0. The van der Waals surface area contributed by atoms with Gasteiger partial charge in [0.15, 0.2) is 0 Å². The summed E-state index contributed by atoms with van der Waals surface area (Å²) in [5, 5.41) is 10.0. The van der Waals surface area contributed by atoms with E-state index < -0.39 is 21.8 Å². The summed E-state index contributed by atoms with van der Waals surface area (Å²) in [6.45, 7) is 1.78. The first-order valence-electron chi connectivity index (χ1n) is 9.51. The van der Waals surface area contributed by atoms with Crippen molar-refractivity contribution >= 4 is 26.9 Å². The highest BCUT2D eigenvalue weighted by Crippen LogP contribution is 2.37. The molecule has 3 rings (SSSR count). The van der Waals surface area contributed by atoms with Gasteiger partial charge in [-0.1, -0.05) is 12.1 Å². The predicted molar refractivity (Wildman–Crippen MR) is 118 cm³/mol. The topological polar surface area (TPSA) is 106 Å². The van der Waals surface area contributed by atoms with Gasteiger partial charge in [0.2, 0.25) is 10.0 Å². The monoisotopic (exact) mass is 445 g/mol. The summed E-state index contributed by atoms with van der Waals surface area (Å²) < 4.78 is 42.4. The lowest BCUT2D eigenvalue weighted by Gasteiger charge is -2.13.